The Morgan fingerprint density at radius 2 is 1.62 bits per heavy atom. The summed E-state index contributed by atoms with van der Waals surface area (Å²) < 4.78 is 0. The summed E-state index contributed by atoms with van der Waals surface area (Å²) in [6.45, 7) is 11.5. The second-order valence-electron chi connectivity index (χ2n) is 8.81. The van der Waals surface area contributed by atoms with E-state index in [0.717, 1.165) is 0 Å². The molecule has 0 aromatic carbocycles. The average Bonchev–Trinajstić information content (AvgIpc) is 2.62. The van der Waals surface area contributed by atoms with E-state index in [2.05, 4.69) is 0 Å². The zero-order valence-corrected chi connectivity index (χ0v) is 16.9. The molecule has 6 heteroatoms. The zero-order chi connectivity index (χ0) is 19.2. The van der Waals surface area contributed by atoms with Crippen molar-refractivity contribution in [2.45, 2.75) is 59.0 Å². The van der Waals surface area contributed by atoms with E-state index in [-0.39, 0.29) is 17.7 Å². The van der Waals surface area contributed by atoms with E-state index in [1.54, 1.807) is 23.9 Å². The summed E-state index contributed by atoms with van der Waals surface area (Å²) in [5.74, 6) is 0.0603. The van der Waals surface area contributed by atoms with Crippen LogP contribution < -0.4 is 0 Å². The van der Waals surface area contributed by atoms with Crippen molar-refractivity contribution in [3.8, 4) is 0 Å². The Morgan fingerprint density at radius 3 is 2.00 bits per heavy atom. The number of likely N-dealkylation sites (tertiary alicyclic amines) is 1. The molecule has 24 heavy (non-hydrogen) atoms. The molecule has 0 aromatic heterocycles. The molecule has 1 rings (SSSR count). The van der Waals surface area contributed by atoms with Crippen LogP contribution in [0.4, 0.5) is 0 Å². The molecule has 0 aromatic rings. The van der Waals surface area contributed by atoms with E-state index in [0.29, 0.717) is 12.3 Å². The lowest BCUT2D eigenvalue weighted by molar-refractivity contribution is -0.155. The maximum atomic E-state index is 13.4. The molecule has 6 nitrogen and oxygen atoms in total. The Bertz CT molecular complexity index is 551. The molecule has 0 aliphatic carbocycles. The summed E-state index contributed by atoms with van der Waals surface area (Å²) in [4.78, 5) is 31.1. The van der Waals surface area contributed by atoms with Crippen molar-refractivity contribution in [3.05, 3.63) is 0 Å². The fraction of sp³-hybridized carbons (Fsp3) is 0.833. The van der Waals surface area contributed by atoms with Gasteiger partial charge in [-0.25, -0.2) is 0 Å². The molecular formula is C18H34N4O2. The van der Waals surface area contributed by atoms with Crippen LogP contribution in [0.1, 0.15) is 48.0 Å². The Hall–Kier alpha value is -1.59. The molecule has 1 saturated heterocycles. The monoisotopic (exact) mass is 338 g/mol. The molecule has 1 aliphatic heterocycles. The van der Waals surface area contributed by atoms with Crippen molar-refractivity contribution in [1.29, 1.82) is 5.41 Å². The molecule has 1 N–H and O–H groups in total. The lowest BCUT2D eigenvalue weighted by Gasteiger charge is -2.44. The van der Waals surface area contributed by atoms with Gasteiger partial charge in [0.15, 0.2) is 0 Å². The van der Waals surface area contributed by atoms with Crippen LogP contribution in [-0.2, 0) is 9.59 Å². The first-order chi connectivity index (χ1) is 10.6. The predicted octanol–water partition coefficient (Wildman–Crippen LogP) is 2.05. The van der Waals surface area contributed by atoms with Crippen LogP contribution in [0.3, 0.4) is 0 Å². The molecule has 138 valence electrons. The van der Waals surface area contributed by atoms with Crippen molar-refractivity contribution in [1.82, 2.24) is 14.7 Å². The summed E-state index contributed by atoms with van der Waals surface area (Å²) in [6, 6.07) is 0. The van der Waals surface area contributed by atoms with Gasteiger partial charge in [-0.3, -0.25) is 15.0 Å². The van der Waals surface area contributed by atoms with E-state index in [4.69, 9.17) is 5.41 Å². The van der Waals surface area contributed by atoms with Crippen molar-refractivity contribution in [2.24, 2.45) is 11.3 Å². The summed E-state index contributed by atoms with van der Waals surface area (Å²) >= 11 is 0. The number of hydrogen-bond donors (Lipinski definition) is 1. The van der Waals surface area contributed by atoms with E-state index in [1.807, 2.05) is 55.6 Å². The number of carbonyl (C=O) groups excluding carboxylic acids is 2. The maximum Gasteiger partial charge on any atom is 0.247 e. The first-order valence-corrected chi connectivity index (χ1v) is 8.43. The van der Waals surface area contributed by atoms with Gasteiger partial charge in [0.1, 0.15) is 5.54 Å². The van der Waals surface area contributed by atoms with E-state index in [9.17, 15) is 9.59 Å². The number of nitrogens with zero attached hydrogens (tertiary/aromatic N) is 3. The predicted molar refractivity (Wildman–Crippen MR) is 97.0 cm³/mol. The quantitative estimate of drug-likeness (QED) is 0.630. The van der Waals surface area contributed by atoms with Crippen LogP contribution in [-0.4, -0.2) is 71.6 Å². The van der Waals surface area contributed by atoms with Gasteiger partial charge in [0.2, 0.25) is 11.8 Å². The van der Waals surface area contributed by atoms with Crippen LogP contribution in [0.25, 0.3) is 0 Å². The molecule has 0 bridgehead atoms. The van der Waals surface area contributed by atoms with Gasteiger partial charge in [0.25, 0.3) is 0 Å². The highest BCUT2D eigenvalue weighted by atomic mass is 16.2. The molecule has 2 amide bonds. The van der Waals surface area contributed by atoms with E-state index in [1.165, 1.54) is 4.90 Å². The average molecular weight is 338 g/mol. The van der Waals surface area contributed by atoms with Crippen molar-refractivity contribution < 1.29 is 9.59 Å². The Morgan fingerprint density at radius 1 is 1.17 bits per heavy atom. The maximum absolute atomic E-state index is 13.4. The van der Waals surface area contributed by atoms with Crippen LogP contribution in [0.2, 0.25) is 0 Å². The van der Waals surface area contributed by atoms with Gasteiger partial charge >= 0.3 is 0 Å². The van der Waals surface area contributed by atoms with Crippen LogP contribution in [0.5, 0.6) is 0 Å². The molecule has 0 spiro atoms. The third-order valence-electron chi connectivity index (χ3n) is 5.43. The summed E-state index contributed by atoms with van der Waals surface area (Å²) in [5, 5.41) is 8.31. The number of rotatable bonds is 4. The van der Waals surface area contributed by atoms with Gasteiger partial charge in [0, 0.05) is 39.6 Å². The molecule has 2 atom stereocenters. The molecule has 0 saturated carbocycles. The second-order valence-corrected chi connectivity index (χ2v) is 8.81. The molecule has 1 heterocycles. The summed E-state index contributed by atoms with van der Waals surface area (Å²) in [5.41, 5.74) is -2.08. The van der Waals surface area contributed by atoms with Crippen molar-refractivity contribution in [3.63, 3.8) is 0 Å². The fourth-order valence-electron chi connectivity index (χ4n) is 4.26. The van der Waals surface area contributed by atoms with Crippen LogP contribution in [0, 0.1) is 16.7 Å². The number of carbonyl (C=O) groups is 2. The van der Waals surface area contributed by atoms with Crippen LogP contribution >= 0.6 is 0 Å². The zero-order valence-electron chi connectivity index (χ0n) is 16.9. The normalized spacial score (nSPS) is 24.8. The number of likely N-dealkylation sites (N-methyl/N-ethyl adjacent to an activating group) is 1. The van der Waals surface area contributed by atoms with Crippen molar-refractivity contribution >= 4 is 17.6 Å². The van der Waals surface area contributed by atoms with Gasteiger partial charge in [-0.05, 0) is 41.0 Å². The standard InChI is InChI=1S/C18H34N4O2/c1-12(13(19)20(7)8)18(6)11-16(2,3)22(15(18)24)17(4,5)14(23)21(9)10/h12,19H,11H2,1-10H3. The highest BCUT2D eigenvalue weighted by Gasteiger charge is 2.61. The smallest absolute Gasteiger partial charge is 0.247 e. The second kappa shape index (κ2) is 6.05. The Labute approximate surface area is 146 Å². The third kappa shape index (κ3) is 3.03. The first-order valence-electron chi connectivity index (χ1n) is 8.43. The molecular weight excluding hydrogens is 304 g/mol. The lowest BCUT2D eigenvalue weighted by Crippen LogP contribution is -2.61. The number of amidine groups is 1. The number of nitrogens with one attached hydrogen (secondary N) is 1. The van der Waals surface area contributed by atoms with E-state index < -0.39 is 16.5 Å². The Balaban J connectivity index is 3.36. The molecule has 0 radical (unpaired) electrons. The Kier molecular flexibility index (Phi) is 5.15. The molecule has 1 fully saturated rings. The molecule has 1 aliphatic rings. The van der Waals surface area contributed by atoms with Crippen LogP contribution in [0.15, 0.2) is 0 Å². The molecule has 2 unspecified atom stereocenters. The third-order valence-corrected chi connectivity index (χ3v) is 5.43. The summed E-state index contributed by atoms with van der Waals surface area (Å²) in [6.07, 6.45) is 0.611. The van der Waals surface area contributed by atoms with Crippen molar-refractivity contribution in [2.75, 3.05) is 28.2 Å². The fourth-order valence-corrected chi connectivity index (χ4v) is 4.26. The minimum Gasteiger partial charge on any atom is -0.366 e. The number of hydrogen-bond acceptors (Lipinski definition) is 3. The topological polar surface area (TPSA) is 67.7 Å². The highest BCUT2D eigenvalue weighted by Crippen LogP contribution is 2.50. The van der Waals surface area contributed by atoms with Gasteiger partial charge in [-0.1, -0.05) is 6.92 Å². The summed E-state index contributed by atoms with van der Waals surface area (Å²) in [7, 11) is 7.07. The van der Waals surface area contributed by atoms with Gasteiger partial charge in [-0.15, -0.1) is 0 Å². The van der Waals surface area contributed by atoms with E-state index >= 15 is 0 Å². The minimum absolute atomic E-state index is 0.0493. The van der Waals surface area contributed by atoms with Gasteiger partial charge in [-0.2, -0.15) is 0 Å². The largest absolute Gasteiger partial charge is 0.366 e. The lowest BCUT2D eigenvalue weighted by atomic mass is 9.73. The SMILES string of the molecule is CC(C(=N)N(C)C)C1(C)CC(C)(C)N(C(C)(C)C(=O)N(C)C)C1=O. The minimum atomic E-state index is -0.929. The van der Waals surface area contributed by atoms with Gasteiger partial charge < -0.3 is 14.7 Å². The first kappa shape index (κ1) is 20.5. The van der Waals surface area contributed by atoms with Gasteiger partial charge in [0.05, 0.1) is 11.3 Å². The highest BCUT2D eigenvalue weighted by molar-refractivity contribution is 5.97. The number of amides is 2.